The maximum atomic E-state index is 5.36. The van der Waals surface area contributed by atoms with Crippen molar-refractivity contribution in [1.29, 1.82) is 0 Å². The van der Waals surface area contributed by atoms with E-state index in [1.807, 2.05) is 12.1 Å². The van der Waals surface area contributed by atoms with Gasteiger partial charge in [-0.25, -0.2) is 0 Å². The first kappa shape index (κ1) is 16.4. The molecular weight excluding hydrogens is 256 g/mol. The van der Waals surface area contributed by atoms with Crippen LogP contribution < -0.4 is 4.74 Å². The van der Waals surface area contributed by atoms with E-state index in [0.717, 1.165) is 12.2 Å². The largest absolute Gasteiger partial charge is 0.468 e. The van der Waals surface area contributed by atoms with Crippen LogP contribution in [0, 0.1) is 0 Å². The van der Waals surface area contributed by atoms with Crippen LogP contribution in [0.3, 0.4) is 0 Å². The number of ether oxygens (including phenoxy) is 2. The first-order valence-corrected chi connectivity index (χ1v) is 8.30. The zero-order valence-corrected chi connectivity index (χ0v) is 13.0. The minimum Gasteiger partial charge on any atom is -0.468 e. The Morgan fingerprint density at radius 3 is 2.42 bits per heavy atom. The smallest absolute Gasteiger partial charge is 0.188 e. The summed E-state index contributed by atoms with van der Waals surface area (Å²) in [5, 5.41) is 0. The van der Waals surface area contributed by atoms with Crippen molar-refractivity contribution < 1.29 is 9.47 Å². The molecule has 0 unspecified atom stereocenters. The summed E-state index contributed by atoms with van der Waals surface area (Å²) in [6.45, 7) is 2.57. The number of rotatable bonds is 11. The number of unbranched alkanes of at least 4 members (excludes halogenated alkanes) is 2. The lowest BCUT2D eigenvalue weighted by molar-refractivity contribution is 0.0511. The molecule has 0 saturated carbocycles. The molecule has 108 valence electrons. The molecule has 3 heteroatoms. The predicted molar refractivity (Wildman–Crippen MR) is 84.1 cm³/mol. The Morgan fingerprint density at radius 2 is 1.74 bits per heavy atom. The standard InChI is InChI=1S/C16H26O2S/c1-3-4-5-12-19-13-6-7-15-8-10-16(11-9-15)18-14-17-2/h8-11H,3-7,12-14H2,1-2H3. The van der Waals surface area contributed by atoms with Gasteiger partial charge in [-0.2, -0.15) is 11.8 Å². The van der Waals surface area contributed by atoms with Crippen molar-refractivity contribution in [3.8, 4) is 5.75 Å². The Balaban J connectivity index is 2.09. The third-order valence-electron chi connectivity index (χ3n) is 2.91. The van der Waals surface area contributed by atoms with Crippen LogP contribution in [0.25, 0.3) is 0 Å². The topological polar surface area (TPSA) is 18.5 Å². The molecule has 0 bridgehead atoms. The van der Waals surface area contributed by atoms with E-state index in [9.17, 15) is 0 Å². The second kappa shape index (κ2) is 11.2. The third kappa shape index (κ3) is 8.17. The number of benzene rings is 1. The van der Waals surface area contributed by atoms with Crippen LogP contribution in [0.5, 0.6) is 5.75 Å². The van der Waals surface area contributed by atoms with Gasteiger partial charge >= 0.3 is 0 Å². The summed E-state index contributed by atoms with van der Waals surface area (Å²) in [5.41, 5.74) is 1.39. The van der Waals surface area contributed by atoms with Gasteiger partial charge in [-0.3, -0.25) is 0 Å². The highest BCUT2D eigenvalue weighted by atomic mass is 32.2. The fourth-order valence-corrected chi connectivity index (χ4v) is 2.77. The molecular formula is C16H26O2S. The predicted octanol–water partition coefficient (Wildman–Crippen LogP) is 4.53. The van der Waals surface area contributed by atoms with Crippen LogP contribution >= 0.6 is 11.8 Å². The van der Waals surface area contributed by atoms with E-state index in [2.05, 4.69) is 30.8 Å². The Bertz CT molecular complexity index is 311. The summed E-state index contributed by atoms with van der Waals surface area (Å²) in [7, 11) is 1.63. The van der Waals surface area contributed by atoms with Crippen molar-refractivity contribution in [2.24, 2.45) is 0 Å². The van der Waals surface area contributed by atoms with Gasteiger partial charge in [0.15, 0.2) is 6.79 Å². The molecule has 0 atom stereocenters. The van der Waals surface area contributed by atoms with Gasteiger partial charge in [0.2, 0.25) is 0 Å². The Hall–Kier alpha value is -0.670. The zero-order valence-electron chi connectivity index (χ0n) is 12.2. The molecule has 0 heterocycles. The Labute approximate surface area is 121 Å². The van der Waals surface area contributed by atoms with Gasteiger partial charge in [0.1, 0.15) is 5.75 Å². The normalized spacial score (nSPS) is 10.6. The summed E-state index contributed by atoms with van der Waals surface area (Å²) < 4.78 is 10.2. The third-order valence-corrected chi connectivity index (χ3v) is 4.07. The molecule has 1 rings (SSSR count). The van der Waals surface area contributed by atoms with Gasteiger partial charge in [0.05, 0.1) is 0 Å². The maximum absolute atomic E-state index is 5.36. The fourth-order valence-electron chi connectivity index (χ4n) is 1.81. The molecule has 19 heavy (non-hydrogen) atoms. The van der Waals surface area contributed by atoms with Crippen LogP contribution in [0.1, 0.15) is 38.2 Å². The van der Waals surface area contributed by atoms with E-state index in [1.165, 1.54) is 42.8 Å². The maximum Gasteiger partial charge on any atom is 0.188 e. The monoisotopic (exact) mass is 282 g/mol. The highest BCUT2D eigenvalue weighted by Crippen LogP contribution is 2.15. The Morgan fingerprint density at radius 1 is 1.00 bits per heavy atom. The SMILES string of the molecule is CCCCCSCCCc1ccc(OCOC)cc1. The minimum atomic E-state index is 0.313. The van der Waals surface area contributed by atoms with Crippen molar-refractivity contribution in [3.63, 3.8) is 0 Å². The molecule has 0 radical (unpaired) electrons. The van der Waals surface area contributed by atoms with Crippen molar-refractivity contribution in [2.45, 2.75) is 39.0 Å². The van der Waals surface area contributed by atoms with Gasteiger partial charge in [0.25, 0.3) is 0 Å². The van der Waals surface area contributed by atoms with Crippen molar-refractivity contribution in [2.75, 3.05) is 25.4 Å². The molecule has 0 spiro atoms. The molecule has 0 aliphatic carbocycles. The van der Waals surface area contributed by atoms with Crippen LogP contribution in [0.2, 0.25) is 0 Å². The summed E-state index contributed by atoms with van der Waals surface area (Å²) >= 11 is 2.09. The number of methoxy groups -OCH3 is 1. The average Bonchev–Trinajstić information content (AvgIpc) is 2.45. The number of hydrogen-bond acceptors (Lipinski definition) is 3. The second-order valence-corrected chi connectivity index (χ2v) is 5.84. The van der Waals surface area contributed by atoms with E-state index >= 15 is 0 Å². The molecule has 1 aromatic rings. The average molecular weight is 282 g/mol. The number of hydrogen-bond donors (Lipinski definition) is 0. The molecule has 0 aliphatic rings. The first-order valence-electron chi connectivity index (χ1n) is 7.15. The van der Waals surface area contributed by atoms with E-state index in [1.54, 1.807) is 7.11 Å². The fraction of sp³-hybridized carbons (Fsp3) is 0.625. The molecule has 1 aromatic carbocycles. The summed E-state index contributed by atoms with van der Waals surface area (Å²) in [4.78, 5) is 0. The van der Waals surface area contributed by atoms with Gasteiger partial charge in [-0.15, -0.1) is 0 Å². The first-order chi connectivity index (χ1) is 9.36. The zero-order chi connectivity index (χ0) is 13.8. The summed E-state index contributed by atoms with van der Waals surface area (Å²) in [6.07, 6.45) is 6.47. The lowest BCUT2D eigenvalue weighted by atomic mass is 10.1. The van der Waals surface area contributed by atoms with E-state index in [4.69, 9.17) is 9.47 Å². The van der Waals surface area contributed by atoms with Crippen LogP contribution in [-0.4, -0.2) is 25.4 Å². The second-order valence-electron chi connectivity index (χ2n) is 4.62. The lowest BCUT2D eigenvalue weighted by Crippen LogP contribution is -1.98. The number of thioether (sulfide) groups is 1. The lowest BCUT2D eigenvalue weighted by Gasteiger charge is -2.06. The Kier molecular flexibility index (Phi) is 9.64. The van der Waals surface area contributed by atoms with Gasteiger partial charge in [-0.05, 0) is 48.5 Å². The van der Waals surface area contributed by atoms with Crippen LogP contribution in [0.4, 0.5) is 0 Å². The molecule has 0 saturated heterocycles. The molecule has 2 nitrogen and oxygen atoms in total. The highest BCUT2D eigenvalue weighted by molar-refractivity contribution is 7.99. The van der Waals surface area contributed by atoms with E-state index < -0.39 is 0 Å². The highest BCUT2D eigenvalue weighted by Gasteiger charge is 1.96. The minimum absolute atomic E-state index is 0.313. The van der Waals surface area contributed by atoms with Gasteiger partial charge in [0, 0.05) is 7.11 Å². The molecule has 0 amide bonds. The van der Waals surface area contributed by atoms with Crippen molar-refractivity contribution >= 4 is 11.8 Å². The summed E-state index contributed by atoms with van der Waals surface area (Å²) in [5.74, 6) is 3.46. The van der Waals surface area contributed by atoms with Crippen LogP contribution in [-0.2, 0) is 11.2 Å². The molecule has 0 fully saturated rings. The molecule has 0 aromatic heterocycles. The number of aryl methyl sites for hydroxylation is 1. The molecule has 0 aliphatic heterocycles. The van der Waals surface area contributed by atoms with Crippen LogP contribution in [0.15, 0.2) is 24.3 Å². The van der Waals surface area contributed by atoms with Crippen molar-refractivity contribution in [1.82, 2.24) is 0 Å². The van der Waals surface area contributed by atoms with E-state index in [-0.39, 0.29) is 0 Å². The molecule has 0 N–H and O–H groups in total. The van der Waals surface area contributed by atoms with Gasteiger partial charge < -0.3 is 9.47 Å². The quantitative estimate of drug-likeness (QED) is 0.439. The van der Waals surface area contributed by atoms with Crippen molar-refractivity contribution in [3.05, 3.63) is 29.8 Å². The van der Waals surface area contributed by atoms with Gasteiger partial charge in [-0.1, -0.05) is 31.9 Å². The summed E-state index contributed by atoms with van der Waals surface area (Å²) in [6, 6.07) is 8.32. The van der Waals surface area contributed by atoms with E-state index in [0.29, 0.717) is 6.79 Å².